The fourth-order valence-electron chi connectivity index (χ4n) is 1.10. The van der Waals surface area contributed by atoms with Crippen LogP contribution in [0.3, 0.4) is 0 Å². The maximum Gasteiger partial charge on any atom is 0.387 e. The third-order valence-electron chi connectivity index (χ3n) is 1.73. The molecule has 0 N–H and O–H groups in total. The van der Waals surface area contributed by atoms with E-state index in [0.29, 0.717) is 16.2 Å². The van der Waals surface area contributed by atoms with Crippen LogP contribution in [0, 0.1) is 0 Å². The van der Waals surface area contributed by atoms with E-state index in [2.05, 4.69) is 30.8 Å². The number of hydrogen-bond acceptors (Lipinski definition) is 4. The molecule has 0 amide bonds. The lowest BCUT2D eigenvalue weighted by atomic mass is 10.2. The van der Waals surface area contributed by atoms with Gasteiger partial charge in [-0.3, -0.25) is 0 Å². The summed E-state index contributed by atoms with van der Waals surface area (Å²) in [4.78, 5) is 3.92. The zero-order chi connectivity index (χ0) is 11.5. The van der Waals surface area contributed by atoms with Gasteiger partial charge in [-0.1, -0.05) is 0 Å². The Balaban J connectivity index is 2.19. The van der Waals surface area contributed by atoms with Gasteiger partial charge in [-0.25, -0.2) is 0 Å². The van der Waals surface area contributed by atoms with Crippen LogP contribution >= 0.6 is 15.9 Å². The smallest absolute Gasteiger partial charge is 0.387 e. The lowest BCUT2D eigenvalue weighted by Gasteiger charge is -2.03. The van der Waals surface area contributed by atoms with Crippen LogP contribution < -0.4 is 4.74 Å². The van der Waals surface area contributed by atoms with E-state index in [1.54, 1.807) is 12.1 Å². The molecule has 0 aliphatic heterocycles. The van der Waals surface area contributed by atoms with E-state index in [0.717, 1.165) is 0 Å². The predicted octanol–water partition coefficient (Wildman–Crippen LogP) is 3.10. The third kappa shape index (κ3) is 2.54. The van der Waals surface area contributed by atoms with Crippen LogP contribution in [0.1, 0.15) is 0 Å². The van der Waals surface area contributed by atoms with Gasteiger partial charge < -0.3 is 9.26 Å². The fourth-order valence-corrected chi connectivity index (χ4v) is 1.34. The molecular formula is C9H5BrF2N2O2. The van der Waals surface area contributed by atoms with Gasteiger partial charge in [-0.05, 0) is 45.4 Å². The Morgan fingerprint density at radius 3 is 2.44 bits per heavy atom. The molecule has 1 heterocycles. The molecule has 2 rings (SSSR count). The Kier molecular flexibility index (Phi) is 3.14. The summed E-state index contributed by atoms with van der Waals surface area (Å²) in [6.07, 6.45) is 0. The number of aromatic nitrogens is 2. The zero-order valence-electron chi connectivity index (χ0n) is 7.73. The minimum atomic E-state index is -2.83. The first-order valence-electron chi connectivity index (χ1n) is 4.19. The van der Waals surface area contributed by atoms with Crippen molar-refractivity contribution in [3.05, 3.63) is 29.0 Å². The summed E-state index contributed by atoms with van der Waals surface area (Å²) in [7, 11) is 0. The van der Waals surface area contributed by atoms with Gasteiger partial charge in [0.15, 0.2) is 0 Å². The standard InChI is InChI=1S/C9H5BrF2N2O2/c10-8-13-7(16-14-8)5-1-3-6(4-2-5)15-9(11)12/h1-4,9H. The Labute approximate surface area is 97.4 Å². The molecule has 4 nitrogen and oxygen atoms in total. The van der Waals surface area contributed by atoms with Crippen molar-refractivity contribution in [2.75, 3.05) is 0 Å². The maximum atomic E-state index is 11.9. The molecule has 0 aliphatic rings. The number of benzene rings is 1. The minimum Gasteiger partial charge on any atom is -0.435 e. The van der Waals surface area contributed by atoms with Crippen LogP contribution in [-0.4, -0.2) is 16.8 Å². The topological polar surface area (TPSA) is 48.2 Å². The first kappa shape index (κ1) is 11.0. The average Bonchev–Trinajstić information content (AvgIpc) is 2.65. The van der Waals surface area contributed by atoms with E-state index in [9.17, 15) is 8.78 Å². The summed E-state index contributed by atoms with van der Waals surface area (Å²) in [5.74, 6) is 0.382. The SMILES string of the molecule is FC(F)Oc1ccc(-c2nc(Br)no2)cc1. The summed E-state index contributed by atoms with van der Waals surface area (Å²) >= 11 is 3.04. The van der Waals surface area contributed by atoms with Crippen molar-refractivity contribution in [3.8, 4) is 17.2 Å². The lowest BCUT2D eigenvalue weighted by Crippen LogP contribution is -2.01. The van der Waals surface area contributed by atoms with E-state index in [-0.39, 0.29) is 5.75 Å². The highest BCUT2D eigenvalue weighted by atomic mass is 79.9. The summed E-state index contributed by atoms with van der Waals surface area (Å²) in [6.45, 7) is -2.83. The van der Waals surface area contributed by atoms with Crippen molar-refractivity contribution >= 4 is 15.9 Å². The van der Waals surface area contributed by atoms with Gasteiger partial charge in [-0.15, -0.1) is 0 Å². The van der Waals surface area contributed by atoms with Crippen molar-refractivity contribution in [1.82, 2.24) is 10.1 Å². The van der Waals surface area contributed by atoms with Crippen LogP contribution in [0.25, 0.3) is 11.5 Å². The van der Waals surface area contributed by atoms with Crippen molar-refractivity contribution < 1.29 is 18.0 Å². The highest BCUT2D eigenvalue weighted by Gasteiger charge is 2.08. The largest absolute Gasteiger partial charge is 0.435 e. The monoisotopic (exact) mass is 290 g/mol. The molecule has 0 fully saturated rings. The highest BCUT2D eigenvalue weighted by molar-refractivity contribution is 9.10. The maximum absolute atomic E-state index is 11.9. The van der Waals surface area contributed by atoms with E-state index >= 15 is 0 Å². The van der Waals surface area contributed by atoms with Crippen molar-refractivity contribution in [1.29, 1.82) is 0 Å². The van der Waals surface area contributed by atoms with Gasteiger partial charge in [0, 0.05) is 5.56 Å². The quantitative estimate of drug-likeness (QED) is 0.871. The van der Waals surface area contributed by atoms with E-state index in [1.165, 1.54) is 12.1 Å². The molecule has 0 spiro atoms. The molecule has 84 valence electrons. The molecule has 7 heteroatoms. The molecule has 2 aromatic rings. The normalized spacial score (nSPS) is 10.8. The number of alkyl halides is 2. The van der Waals surface area contributed by atoms with Gasteiger partial charge in [0.05, 0.1) is 0 Å². The summed E-state index contributed by atoms with van der Waals surface area (Å²) in [6, 6.07) is 5.91. The Morgan fingerprint density at radius 2 is 1.94 bits per heavy atom. The second-order valence-corrected chi connectivity index (χ2v) is 3.48. The van der Waals surface area contributed by atoms with Gasteiger partial charge in [0.1, 0.15) is 5.75 Å². The summed E-state index contributed by atoms with van der Waals surface area (Å²) in [5, 5.41) is 3.54. The lowest BCUT2D eigenvalue weighted by molar-refractivity contribution is -0.0498. The number of hydrogen-bond donors (Lipinski definition) is 0. The first-order chi connectivity index (χ1) is 7.65. The first-order valence-corrected chi connectivity index (χ1v) is 4.99. The molecule has 0 unspecified atom stereocenters. The van der Waals surface area contributed by atoms with Gasteiger partial charge in [0.25, 0.3) is 5.89 Å². The Hall–Kier alpha value is -1.50. The average molecular weight is 291 g/mol. The summed E-state index contributed by atoms with van der Waals surface area (Å²) < 4.78 is 33.2. The van der Waals surface area contributed by atoms with Gasteiger partial charge in [0.2, 0.25) is 4.73 Å². The van der Waals surface area contributed by atoms with Crippen molar-refractivity contribution in [2.24, 2.45) is 0 Å². The van der Waals surface area contributed by atoms with Crippen LogP contribution in [0.4, 0.5) is 8.78 Å². The molecule has 1 aromatic heterocycles. The highest BCUT2D eigenvalue weighted by Crippen LogP contribution is 2.22. The second-order valence-electron chi connectivity index (χ2n) is 2.77. The fraction of sp³-hybridized carbons (Fsp3) is 0.111. The molecule has 0 bridgehead atoms. The van der Waals surface area contributed by atoms with Crippen LogP contribution in [0.2, 0.25) is 0 Å². The third-order valence-corrected chi connectivity index (χ3v) is 2.05. The predicted molar refractivity (Wildman–Crippen MR) is 54.1 cm³/mol. The van der Waals surface area contributed by atoms with Crippen molar-refractivity contribution in [3.63, 3.8) is 0 Å². The van der Waals surface area contributed by atoms with Crippen LogP contribution in [-0.2, 0) is 0 Å². The molecule has 0 aliphatic carbocycles. The van der Waals surface area contributed by atoms with Crippen molar-refractivity contribution in [2.45, 2.75) is 6.61 Å². The number of halogens is 3. The molecule has 0 saturated carbocycles. The zero-order valence-corrected chi connectivity index (χ0v) is 9.32. The number of rotatable bonds is 3. The van der Waals surface area contributed by atoms with E-state index in [4.69, 9.17) is 4.52 Å². The number of nitrogens with zero attached hydrogens (tertiary/aromatic N) is 2. The van der Waals surface area contributed by atoms with Crippen LogP contribution in [0.5, 0.6) is 5.75 Å². The van der Waals surface area contributed by atoms with Crippen LogP contribution in [0.15, 0.2) is 33.5 Å². The Morgan fingerprint density at radius 1 is 1.25 bits per heavy atom. The molecule has 0 radical (unpaired) electrons. The summed E-state index contributed by atoms with van der Waals surface area (Å²) in [5.41, 5.74) is 0.625. The van der Waals surface area contributed by atoms with Gasteiger partial charge >= 0.3 is 6.61 Å². The number of ether oxygens (including phenoxy) is 1. The second kappa shape index (κ2) is 4.56. The van der Waals surface area contributed by atoms with Gasteiger partial charge in [-0.2, -0.15) is 13.8 Å². The van der Waals surface area contributed by atoms with E-state index < -0.39 is 6.61 Å². The molecule has 16 heavy (non-hydrogen) atoms. The molecule has 0 saturated heterocycles. The molecular weight excluding hydrogens is 286 g/mol. The Bertz CT molecular complexity index is 473. The molecule has 0 atom stereocenters. The minimum absolute atomic E-state index is 0.0809. The van der Waals surface area contributed by atoms with E-state index in [1.807, 2.05) is 0 Å². The molecule has 1 aromatic carbocycles.